The van der Waals surface area contributed by atoms with Crippen LogP contribution in [-0.4, -0.2) is 6.54 Å². The fourth-order valence-corrected chi connectivity index (χ4v) is 2.65. The molecule has 2 nitrogen and oxygen atoms in total. The molecule has 0 amide bonds. The van der Waals surface area contributed by atoms with Gasteiger partial charge in [0.2, 0.25) is 0 Å². The van der Waals surface area contributed by atoms with Crippen molar-refractivity contribution in [3.05, 3.63) is 34.0 Å². The van der Waals surface area contributed by atoms with Gasteiger partial charge in [-0.05, 0) is 24.6 Å². The van der Waals surface area contributed by atoms with Gasteiger partial charge in [0.05, 0.1) is 11.1 Å². The van der Waals surface area contributed by atoms with Crippen LogP contribution in [0.15, 0.2) is 22.6 Å². The zero-order valence-electron chi connectivity index (χ0n) is 10.8. The second kappa shape index (κ2) is 5.52. The van der Waals surface area contributed by atoms with Gasteiger partial charge in [-0.3, -0.25) is 0 Å². The Bertz CT molecular complexity index is 548. The summed E-state index contributed by atoms with van der Waals surface area (Å²) < 4.78 is 5.87. The first kappa shape index (κ1) is 13.7. The molecule has 1 aromatic heterocycles. The molecule has 18 heavy (non-hydrogen) atoms. The average molecular weight is 286 g/mol. The Morgan fingerprint density at radius 3 is 2.56 bits per heavy atom. The molecule has 0 fully saturated rings. The molecule has 1 heterocycles. The van der Waals surface area contributed by atoms with E-state index in [2.05, 4.69) is 26.1 Å². The topological polar surface area (TPSA) is 25.2 Å². The van der Waals surface area contributed by atoms with E-state index in [0.29, 0.717) is 16.0 Å². The summed E-state index contributed by atoms with van der Waals surface area (Å²) in [6.07, 6.45) is 0. The van der Waals surface area contributed by atoms with Crippen LogP contribution in [0.5, 0.6) is 0 Å². The van der Waals surface area contributed by atoms with Crippen molar-refractivity contribution in [3.8, 4) is 0 Å². The van der Waals surface area contributed by atoms with Crippen molar-refractivity contribution >= 4 is 34.2 Å². The number of halogens is 2. The van der Waals surface area contributed by atoms with Crippen molar-refractivity contribution in [1.82, 2.24) is 5.32 Å². The quantitative estimate of drug-likeness (QED) is 0.851. The molecular weight excluding hydrogens is 269 g/mol. The van der Waals surface area contributed by atoms with Gasteiger partial charge in [0, 0.05) is 16.5 Å². The Morgan fingerprint density at radius 2 is 1.94 bits per heavy atom. The first-order valence-electron chi connectivity index (χ1n) is 6.14. The number of furan rings is 1. The summed E-state index contributed by atoms with van der Waals surface area (Å²) >= 11 is 12.1. The van der Waals surface area contributed by atoms with Crippen molar-refractivity contribution in [2.24, 2.45) is 5.92 Å². The molecule has 0 spiro atoms. The van der Waals surface area contributed by atoms with Gasteiger partial charge in [-0.1, -0.05) is 44.0 Å². The number of fused-ring (bicyclic) bond motifs is 1. The van der Waals surface area contributed by atoms with E-state index in [9.17, 15) is 0 Å². The van der Waals surface area contributed by atoms with Gasteiger partial charge < -0.3 is 9.73 Å². The van der Waals surface area contributed by atoms with E-state index in [1.165, 1.54) is 0 Å². The van der Waals surface area contributed by atoms with Gasteiger partial charge >= 0.3 is 0 Å². The minimum absolute atomic E-state index is 0.192. The third-order valence-corrected chi connectivity index (χ3v) is 3.50. The number of rotatable bonds is 4. The van der Waals surface area contributed by atoms with Crippen LogP contribution >= 0.6 is 23.2 Å². The van der Waals surface area contributed by atoms with Gasteiger partial charge in [-0.25, -0.2) is 0 Å². The molecule has 2 aromatic rings. The van der Waals surface area contributed by atoms with Crippen LogP contribution in [-0.2, 0) is 0 Å². The average Bonchev–Trinajstić information content (AvgIpc) is 2.68. The van der Waals surface area contributed by atoms with Gasteiger partial charge in [0.25, 0.3) is 0 Å². The molecule has 0 saturated heterocycles. The second-order valence-corrected chi connectivity index (χ2v) is 5.57. The Kier molecular flexibility index (Phi) is 4.21. The van der Waals surface area contributed by atoms with Crippen LogP contribution in [0, 0.1) is 5.92 Å². The third kappa shape index (κ3) is 2.66. The van der Waals surface area contributed by atoms with Crippen molar-refractivity contribution in [3.63, 3.8) is 0 Å². The molecule has 0 aliphatic heterocycles. The largest absolute Gasteiger partial charge is 0.459 e. The smallest absolute Gasteiger partial charge is 0.137 e. The molecule has 4 heteroatoms. The highest BCUT2D eigenvalue weighted by molar-refractivity contribution is 6.38. The van der Waals surface area contributed by atoms with E-state index in [4.69, 9.17) is 27.6 Å². The minimum Gasteiger partial charge on any atom is -0.459 e. The highest BCUT2D eigenvalue weighted by atomic mass is 35.5. The summed E-state index contributed by atoms with van der Waals surface area (Å²) in [7, 11) is 0. The fourth-order valence-electron chi connectivity index (χ4n) is 2.12. The first-order chi connectivity index (χ1) is 8.52. The lowest BCUT2D eigenvalue weighted by Crippen LogP contribution is -2.24. The zero-order valence-corrected chi connectivity index (χ0v) is 12.3. The normalized spacial score (nSPS) is 13.4. The van der Waals surface area contributed by atoms with Gasteiger partial charge in [0.1, 0.15) is 11.3 Å². The lowest BCUT2D eigenvalue weighted by Gasteiger charge is -2.18. The Morgan fingerprint density at radius 1 is 1.22 bits per heavy atom. The van der Waals surface area contributed by atoms with Crippen molar-refractivity contribution in [2.75, 3.05) is 6.54 Å². The number of nitrogens with one attached hydrogen (secondary N) is 1. The van der Waals surface area contributed by atoms with E-state index in [1.807, 2.05) is 6.07 Å². The van der Waals surface area contributed by atoms with Crippen LogP contribution in [0.25, 0.3) is 11.0 Å². The predicted octanol–water partition coefficient (Wildman–Crippen LogP) is 5.05. The molecule has 1 unspecified atom stereocenters. The highest BCUT2D eigenvalue weighted by Crippen LogP contribution is 2.34. The second-order valence-electron chi connectivity index (χ2n) is 4.73. The van der Waals surface area contributed by atoms with Crippen molar-refractivity contribution in [2.45, 2.75) is 26.8 Å². The maximum atomic E-state index is 6.17. The summed E-state index contributed by atoms with van der Waals surface area (Å²) in [6, 6.07) is 5.73. The Labute approximate surface area is 117 Å². The summed E-state index contributed by atoms with van der Waals surface area (Å²) in [5.41, 5.74) is 0.742. The first-order valence-corrected chi connectivity index (χ1v) is 6.90. The maximum absolute atomic E-state index is 6.17. The standard InChI is InChI=1S/C14H17Cl2NO/c1-4-17-14(8(2)3)13-7-10-11(16)5-9(15)6-12(10)18-13/h5-8,14,17H,4H2,1-3H3. The Hall–Kier alpha value is -0.700. The summed E-state index contributed by atoms with van der Waals surface area (Å²) in [5, 5.41) is 5.57. The van der Waals surface area contributed by atoms with E-state index in [0.717, 1.165) is 23.3 Å². The number of hydrogen-bond acceptors (Lipinski definition) is 2. The summed E-state index contributed by atoms with van der Waals surface area (Å²) in [4.78, 5) is 0. The molecular formula is C14H17Cl2NO. The monoisotopic (exact) mass is 285 g/mol. The lowest BCUT2D eigenvalue weighted by molar-refractivity contribution is 0.357. The van der Waals surface area contributed by atoms with E-state index in [-0.39, 0.29) is 6.04 Å². The molecule has 0 aliphatic carbocycles. The molecule has 0 aliphatic rings. The zero-order chi connectivity index (χ0) is 13.3. The van der Waals surface area contributed by atoms with Crippen molar-refractivity contribution < 1.29 is 4.42 Å². The predicted molar refractivity (Wildman–Crippen MR) is 77.5 cm³/mol. The number of benzene rings is 1. The Balaban J connectivity index is 2.48. The van der Waals surface area contributed by atoms with Crippen LogP contribution in [0.4, 0.5) is 0 Å². The van der Waals surface area contributed by atoms with Crippen LogP contribution in [0.1, 0.15) is 32.6 Å². The van der Waals surface area contributed by atoms with Crippen LogP contribution < -0.4 is 5.32 Å². The summed E-state index contributed by atoms with van der Waals surface area (Å²) in [5.74, 6) is 1.35. The maximum Gasteiger partial charge on any atom is 0.137 e. The molecule has 98 valence electrons. The molecule has 0 radical (unpaired) electrons. The minimum atomic E-state index is 0.192. The van der Waals surface area contributed by atoms with Gasteiger partial charge in [-0.15, -0.1) is 0 Å². The van der Waals surface area contributed by atoms with E-state index in [1.54, 1.807) is 12.1 Å². The molecule has 0 saturated carbocycles. The van der Waals surface area contributed by atoms with E-state index >= 15 is 0 Å². The summed E-state index contributed by atoms with van der Waals surface area (Å²) in [6.45, 7) is 7.31. The van der Waals surface area contributed by atoms with E-state index < -0.39 is 0 Å². The SMILES string of the molecule is CCNC(c1cc2c(Cl)cc(Cl)cc2o1)C(C)C. The highest BCUT2D eigenvalue weighted by Gasteiger charge is 2.19. The van der Waals surface area contributed by atoms with Gasteiger partial charge in [-0.2, -0.15) is 0 Å². The number of hydrogen-bond donors (Lipinski definition) is 1. The van der Waals surface area contributed by atoms with Crippen molar-refractivity contribution in [1.29, 1.82) is 0 Å². The van der Waals surface area contributed by atoms with Crippen LogP contribution in [0.2, 0.25) is 10.0 Å². The van der Waals surface area contributed by atoms with Gasteiger partial charge in [0.15, 0.2) is 0 Å². The van der Waals surface area contributed by atoms with Crippen LogP contribution in [0.3, 0.4) is 0 Å². The molecule has 1 aromatic carbocycles. The molecule has 1 atom stereocenters. The molecule has 1 N–H and O–H groups in total. The fraction of sp³-hybridized carbons (Fsp3) is 0.429. The molecule has 0 bridgehead atoms. The lowest BCUT2D eigenvalue weighted by atomic mass is 10.0. The molecule has 2 rings (SSSR count). The third-order valence-electron chi connectivity index (χ3n) is 2.97.